The predicted molar refractivity (Wildman–Crippen MR) is 141 cm³/mol. The first-order chi connectivity index (χ1) is 17.2. The fourth-order valence-corrected chi connectivity index (χ4v) is 5.80. The van der Waals surface area contributed by atoms with Crippen LogP contribution in [0.15, 0.2) is 95.0 Å². The largest absolute Gasteiger partial charge is 0.490 e. The lowest BCUT2D eigenvalue weighted by molar-refractivity contribution is 0.0967. The minimum atomic E-state index is 0.229. The van der Waals surface area contributed by atoms with Crippen molar-refractivity contribution >= 4 is 34.8 Å². The molecule has 7 heteroatoms. The molecule has 2 aliphatic heterocycles. The SMILES string of the molecule is Nc1ncc(CN2CCC(Oc3ccc(N4c5ccccc5Sc5ccccc54)cc3)CC2)cn1. The lowest BCUT2D eigenvalue weighted by Crippen LogP contribution is -2.37. The van der Waals surface area contributed by atoms with Gasteiger partial charge in [-0.3, -0.25) is 4.90 Å². The Bertz CT molecular complexity index is 1260. The molecular formula is C28H27N5OS. The normalized spacial score (nSPS) is 15.9. The lowest BCUT2D eigenvalue weighted by atomic mass is 10.1. The smallest absolute Gasteiger partial charge is 0.219 e. The Labute approximate surface area is 209 Å². The van der Waals surface area contributed by atoms with Crippen LogP contribution in [0.25, 0.3) is 0 Å². The number of ether oxygens (including phenoxy) is 1. The van der Waals surface area contributed by atoms with Crippen LogP contribution >= 0.6 is 11.8 Å². The van der Waals surface area contributed by atoms with Crippen LogP contribution in [-0.2, 0) is 6.54 Å². The van der Waals surface area contributed by atoms with Crippen LogP contribution in [0.3, 0.4) is 0 Å². The van der Waals surface area contributed by atoms with E-state index in [4.69, 9.17) is 10.5 Å². The van der Waals surface area contributed by atoms with Gasteiger partial charge in [0, 0.05) is 53.1 Å². The molecule has 1 fully saturated rings. The number of anilines is 4. The fourth-order valence-electron chi connectivity index (χ4n) is 4.74. The second-order valence-corrected chi connectivity index (χ2v) is 9.99. The highest BCUT2D eigenvalue weighted by Crippen LogP contribution is 2.51. The van der Waals surface area contributed by atoms with Crippen molar-refractivity contribution in [1.82, 2.24) is 14.9 Å². The van der Waals surface area contributed by atoms with Crippen LogP contribution in [0.5, 0.6) is 5.75 Å². The van der Waals surface area contributed by atoms with Gasteiger partial charge in [0.15, 0.2) is 0 Å². The highest BCUT2D eigenvalue weighted by Gasteiger charge is 2.25. The molecule has 3 heterocycles. The first kappa shape index (κ1) is 21.9. The Morgan fingerprint density at radius 3 is 2.06 bits per heavy atom. The quantitative estimate of drug-likeness (QED) is 0.328. The molecule has 2 aliphatic rings. The summed E-state index contributed by atoms with van der Waals surface area (Å²) in [4.78, 5) is 15.5. The van der Waals surface area contributed by atoms with Gasteiger partial charge in [0.1, 0.15) is 11.9 Å². The second-order valence-electron chi connectivity index (χ2n) is 8.91. The molecule has 0 amide bonds. The van der Waals surface area contributed by atoms with E-state index < -0.39 is 0 Å². The Morgan fingerprint density at radius 1 is 0.829 bits per heavy atom. The maximum absolute atomic E-state index is 6.36. The maximum Gasteiger partial charge on any atom is 0.219 e. The van der Waals surface area contributed by atoms with Crippen LogP contribution in [0, 0.1) is 0 Å². The summed E-state index contributed by atoms with van der Waals surface area (Å²) in [5.74, 6) is 1.24. The third-order valence-corrected chi connectivity index (χ3v) is 7.63. The molecule has 0 aliphatic carbocycles. The van der Waals surface area contributed by atoms with Gasteiger partial charge in [-0.25, -0.2) is 9.97 Å². The van der Waals surface area contributed by atoms with E-state index in [1.54, 1.807) is 0 Å². The number of nitrogens with two attached hydrogens (primary N) is 1. The summed E-state index contributed by atoms with van der Waals surface area (Å²) in [6.07, 6.45) is 5.85. The summed E-state index contributed by atoms with van der Waals surface area (Å²) in [7, 11) is 0. The number of hydrogen-bond acceptors (Lipinski definition) is 7. The number of likely N-dealkylation sites (tertiary alicyclic amines) is 1. The molecular weight excluding hydrogens is 454 g/mol. The molecule has 6 rings (SSSR count). The Hall–Kier alpha value is -3.55. The van der Waals surface area contributed by atoms with E-state index in [0.717, 1.165) is 49.5 Å². The number of fused-ring (bicyclic) bond motifs is 2. The van der Waals surface area contributed by atoms with Crippen molar-refractivity contribution in [1.29, 1.82) is 0 Å². The van der Waals surface area contributed by atoms with E-state index in [-0.39, 0.29) is 6.10 Å². The standard InChI is InChI=1S/C28H27N5OS/c29-28-30-17-20(18-31-28)19-32-15-13-23(14-16-32)34-22-11-9-21(10-12-22)33-24-5-1-3-7-26(24)35-27-8-4-2-6-25(27)33/h1-12,17-18,23H,13-16,19H2,(H2,29,30,31). The number of nitrogen functional groups attached to an aromatic ring is 1. The summed E-state index contributed by atoms with van der Waals surface area (Å²) >= 11 is 1.83. The summed E-state index contributed by atoms with van der Waals surface area (Å²) in [6.45, 7) is 2.83. The lowest BCUT2D eigenvalue weighted by Gasteiger charge is -2.33. The number of aromatic nitrogens is 2. The predicted octanol–water partition coefficient (Wildman–Crippen LogP) is 6.04. The number of para-hydroxylation sites is 2. The van der Waals surface area contributed by atoms with Crippen molar-refractivity contribution in [3.05, 3.63) is 90.8 Å². The van der Waals surface area contributed by atoms with Crippen molar-refractivity contribution in [2.24, 2.45) is 0 Å². The maximum atomic E-state index is 6.36. The van der Waals surface area contributed by atoms with Gasteiger partial charge >= 0.3 is 0 Å². The van der Waals surface area contributed by atoms with E-state index >= 15 is 0 Å². The molecule has 4 aromatic rings. The van der Waals surface area contributed by atoms with E-state index in [9.17, 15) is 0 Å². The van der Waals surface area contributed by atoms with Crippen molar-refractivity contribution in [2.75, 3.05) is 23.7 Å². The number of piperidine rings is 1. The Morgan fingerprint density at radius 2 is 1.43 bits per heavy atom. The summed E-state index contributed by atoms with van der Waals surface area (Å²) < 4.78 is 6.36. The summed E-state index contributed by atoms with van der Waals surface area (Å²) in [6, 6.07) is 25.7. The summed E-state index contributed by atoms with van der Waals surface area (Å²) in [5.41, 5.74) is 10.2. The molecule has 0 saturated carbocycles. The molecule has 35 heavy (non-hydrogen) atoms. The monoisotopic (exact) mass is 481 g/mol. The first-order valence-corrected chi connectivity index (χ1v) is 12.8. The third kappa shape index (κ3) is 4.70. The number of nitrogens with zero attached hydrogens (tertiary/aromatic N) is 4. The van der Waals surface area contributed by atoms with Gasteiger partial charge in [0.2, 0.25) is 5.95 Å². The van der Waals surface area contributed by atoms with E-state index in [1.165, 1.54) is 21.2 Å². The van der Waals surface area contributed by atoms with Crippen molar-refractivity contribution < 1.29 is 4.74 Å². The molecule has 0 atom stereocenters. The van der Waals surface area contributed by atoms with E-state index in [2.05, 4.69) is 92.6 Å². The molecule has 0 spiro atoms. The van der Waals surface area contributed by atoms with Gasteiger partial charge < -0.3 is 15.4 Å². The first-order valence-electron chi connectivity index (χ1n) is 11.9. The van der Waals surface area contributed by atoms with Crippen molar-refractivity contribution in [2.45, 2.75) is 35.3 Å². The molecule has 3 aromatic carbocycles. The highest BCUT2D eigenvalue weighted by molar-refractivity contribution is 7.99. The van der Waals surface area contributed by atoms with Gasteiger partial charge in [-0.15, -0.1) is 0 Å². The van der Waals surface area contributed by atoms with Crippen LogP contribution in [0.4, 0.5) is 23.0 Å². The molecule has 1 aromatic heterocycles. The zero-order valence-electron chi connectivity index (χ0n) is 19.4. The molecule has 1 saturated heterocycles. The van der Waals surface area contributed by atoms with Gasteiger partial charge in [0.05, 0.1) is 11.4 Å². The Balaban J connectivity index is 1.12. The molecule has 0 bridgehead atoms. The average Bonchev–Trinajstić information content (AvgIpc) is 2.90. The van der Waals surface area contributed by atoms with Gasteiger partial charge in [-0.1, -0.05) is 36.0 Å². The third-order valence-electron chi connectivity index (χ3n) is 6.50. The summed E-state index contributed by atoms with van der Waals surface area (Å²) in [5, 5.41) is 0. The molecule has 2 N–H and O–H groups in total. The Kier molecular flexibility index (Phi) is 6.02. The van der Waals surface area contributed by atoms with E-state index in [1.807, 2.05) is 24.2 Å². The van der Waals surface area contributed by atoms with Crippen LogP contribution in [0.2, 0.25) is 0 Å². The highest BCUT2D eigenvalue weighted by atomic mass is 32.2. The minimum absolute atomic E-state index is 0.229. The molecule has 176 valence electrons. The molecule has 6 nitrogen and oxygen atoms in total. The second kappa shape index (κ2) is 9.60. The van der Waals surface area contributed by atoms with Crippen LogP contribution in [-0.4, -0.2) is 34.1 Å². The van der Waals surface area contributed by atoms with E-state index in [0.29, 0.717) is 5.95 Å². The van der Waals surface area contributed by atoms with Gasteiger partial charge in [-0.05, 0) is 61.4 Å². The molecule has 0 unspecified atom stereocenters. The van der Waals surface area contributed by atoms with Crippen LogP contribution in [0.1, 0.15) is 18.4 Å². The van der Waals surface area contributed by atoms with Crippen molar-refractivity contribution in [3.8, 4) is 5.75 Å². The fraction of sp³-hybridized carbons (Fsp3) is 0.214. The van der Waals surface area contributed by atoms with Gasteiger partial charge in [0.25, 0.3) is 0 Å². The number of hydrogen-bond donors (Lipinski definition) is 1. The zero-order valence-corrected chi connectivity index (χ0v) is 20.2. The van der Waals surface area contributed by atoms with Gasteiger partial charge in [-0.2, -0.15) is 0 Å². The van der Waals surface area contributed by atoms with Crippen LogP contribution < -0.4 is 15.4 Å². The minimum Gasteiger partial charge on any atom is -0.490 e. The topological polar surface area (TPSA) is 67.5 Å². The van der Waals surface area contributed by atoms with Crippen molar-refractivity contribution in [3.63, 3.8) is 0 Å². The average molecular weight is 482 g/mol. The number of rotatable bonds is 5. The zero-order chi connectivity index (χ0) is 23.6. The molecule has 0 radical (unpaired) electrons. The number of benzene rings is 3.